The van der Waals surface area contributed by atoms with Gasteiger partial charge in [-0.05, 0) is 38.0 Å². The highest BCUT2D eigenvalue weighted by Gasteiger charge is 2.33. The molecule has 0 aromatic rings. The van der Waals surface area contributed by atoms with Crippen molar-refractivity contribution in [2.24, 2.45) is 11.8 Å². The van der Waals surface area contributed by atoms with Crippen molar-refractivity contribution in [3.8, 4) is 0 Å². The fourth-order valence-corrected chi connectivity index (χ4v) is 3.63. The van der Waals surface area contributed by atoms with Crippen LogP contribution in [0.1, 0.15) is 66.2 Å². The van der Waals surface area contributed by atoms with Gasteiger partial charge in [0.25, 0.3) is 0 Å². The second-order valence-electron chi connectivity index (χ2n) is 6.02. The molecule has 5 atom stereocenters. The van der Waals surface area contributed by atoms with Gasteiger partial charge >= 0.3 is 0 Å². The van der Waals surface area contributed by atoms with Crippen molar-refractivity contribution in [2.45, 2.75) is 83.1 Å². The molecule has 0 aromatic carbocycles. The van der Waals surface area contributed by atoms with Gasteiger partial charge in [0.1, 0.15) is 0 Å². The average Bonchev–Trinajstić information content (AvgIpc) is 2.30. The van der Waals surface area contributed by atoms with Gasteiger partial charge in [-0.3, -0.25) is 0 Å². The van der Waals surface area contributed by atoms with E-state index in [1.54, 1.807) is 0 Å². The van der Waals surface area contributed by atoms with E-state index in [0.717, 1.165) is 11.8 Å². The van der Waals surface area contributed by atoms with E-state index in [0.29, 0.717) is 16.9 Å². The van der Waals surface area contributed by atoms with Crippen molar-refractivity contribution in [1.29, 1.82) is 0 Å². The zero-order valence-electron chi connectivity index (χ0n) is 12.0. The first-order valence-corrected chi connectivity index (χ1v) is 8.38. The van der Waals surface area contributed by atoms with Gasteiger partial charge in [-0.2, -0.15) is 0 Å². The molecular weight excluding hydrogens is 274 g/mol. The molecule has 1 nitrogen and oxygen atoms in total. The van der Waals surface area contributed by atoms with Crippen LogP contribution in [0.2, 0.25) is 0 Å². The monoisotopic (exact) mass is 303 g/mol. The predicted molar refractivity (Wildman–Crippen MR) is 80.8 cm³/mol. The molecule has 1 aliphatic rings. The zero-order chi connectivity index (χ0) is 12.8. The van der Waals surface area contributed by atoms with Gasteiger partial charge in [-0.25, -0.2) is 0 Å². The third-order valence-electron chi connectivity index (χ3n) is 4.37. The van der Waals surface area contributed by atoms with Crippen LogP contribution in [0.15, 0.2) is 0 Å². The quantitative estimate of drug-likeness (QED) is 0.552. The molecule has 0 aliphatic heterocycles. The Hall–Kier alpha value is 0.440. The van der Waals surface area contributed by atoms with Gasteiger partial charge in [-0.15, -0.1) is 0 Å². The molecule has 17 heavy (non-hydrogen) atoms. The molecular formula is C15H30BrN. The van der Waals surface area contributed by atoms with Gasteiger partial charge in [0, 0.05) is 16.9 Å². The molecule has 1 saturated carbocycles. The minimum Gasteiger partial charge on any atom is -0.311 e. The Morgan fingerprint density at radius 2 is 1.94 bits per heavy atom. The van der Waals surface area contributed by atoms with Crippen molar-refractivity contribution in [2.75, 3.05) is 0 Å². The van der Waals surface area contributed by atoms with E-state index in [1.165, 1.54) is 38.5 Å². The molecule has 5 unspecified atom stereocenters. The Labute approximate surface area is 116 Å². The van der Waals surface area contributed by atoms with E-state index >= 15 is 0 Å². The Kier molecular flexibility index (Phi) is 7.10. The van der Waals surface area contributed by atoms with Crippen LogP contribution in [-0.2, 0) is 0 Å². The molecule has 1 aliphatic carbocycles. The zero-order valence-corrected chi connectivity index (χ0v) is 13.6. The summed E-state index contributed by atoms with van der Waals surface area (Å²) in [6.07, 6.45) is 8.11. The Bertz CT molecular complexity index is 207. The first kappa shape index (κ1) is 15.5. The van der Waals surface area contributed by atoms with Crippen LogP contribution in [0.4, 0.5) is 0 Å². The number of rotatable bonds is 6. The summed E-state index contributed by atoms with van der Waals surface area (Å²) in [5.41, 5.74) is 0. The molecule has 1 fully saturated rings. The lowest BCUT2D eigenvalue weighted by Gasteiger charge is -2.40. The Morgan fingerprint density at radius 3 is 2.59 bits per heavy atom. The summed E-state index contributed by atoms with van der Waals surface area (Å²) in [4.78, 5) is 0.707. The van der Waals surface area contributed by atoms with E-state index in [2.05, 4.69) is 48.9 Å². The summed E-state index contributed by atoms with van der Waals surface area (Å²) in [5, 5.41) is 3.88. The average molecular weight is 304 g/mol. The Balaban J connectivity index is 2.36. The molecule has 0 aromatic heterocycles. The molecule has 0 bridgehead atoms. The Morgan fingerprint density at radius 1 is 1.24 bits per heavy atom. The third-order valence-corrected chi connectivity index (χ3v) is 5.66. The van der Waals surface area contributed by atoms with Crippen LogP contribution in [0, 0.1) is 11.8 Å². The minimum atomic E-state index is 0.675. The van der Waals surface area contributed by atoms with Crippen LogP contribution in [0.25, 0.3) is 0 Å². The standard InChI is InChI=1S/C15H30BrN/c1-5-6-7-8-12(3)17-15-11(2)9-10-14(16)13(15)4/h11-15,17H,5-10H2,1-4H3. The lowest BCUT2D eigenvalue weighted by atomic mass is 9.78. The van der Waals surface area contributed by atoms with Crippen LogP contribution in [0.3, 0.4) is 0 Å². The molecule has 0 amide bonds. The molecule has 0 radical (unpaired) electrons. The summed E-state index contributed by atoms with van der Waals surface area (Å²) in [6, 6.07) is 1.37. The molecule has 0 heterocycles. The number of nitrogens with one attached hydrogen (secondary N) is 1. The molecule has 1 rings (SSSR count). The number of alkyl halides is 1. The topological polar surface area (TPSA) is 12.0 Å². The maximum atomic E-state index is 3.88. The lowest BCUT2D eigenvalue weighted by Crippen LogP contribution is -2.49. The fourth-order valence-electron chi connectivity index (χ4n) is 3.04. The maximum absolute atomic E-state index is 3.88. The normalized spacial score (nSPS) is 35.8. The van der Waals surface area contributed by atoms with Gasteiger partial charge in [0.15, 0.2) is 0 Å². The van der Waals surface area contributed by atoms with E-state index in [-0.39, 0.29) is 0 Å². The van der Waals surface area contributed by atoms with Gasteiger partial charge < -0.3 is 5.32 Å². The highest BCUT2D eigenvalue weighted by atomic mass is 79.9. The highest BCUT2D eigenvalue weighted by molar-refractivity contribution is 9.09. The number of hydrogen-bond donors (Lipinski definition) is 1. The molecule has 102 valence electrons. The summed E-state index contributed by atoms with van der Waals surface area (Å²) in [5.74, 6) is 1.58. The van der Waals surface area contributed by atoms with E-state index in [9.17, 15) is 0 Å². The number of unbranched alkanes of at least 4 members (excludes halogenated alkanes) is 2. The minimum absolute atomic E-state index is 0.675. The number of hydrogen-bond acceptors (Lipinski definition) is 1. The first-order chi connectivity index (χ1) is 8.06. The lowest BCUT2D eigenvalue weighted by molar-refractivity contribution is 0.201. The predicted octanol–water partition coefficient (Wildman–Crippen LogP) is 4.74. The summed E-state index contributed by atoms with van der Waals surface area (Å²) in [7, 11) is 0. The van der Waals surface area contributed by atoms with E-state index < -0.39 is 0 Å². The summed E-state index contributed by atoms with van der Waals surface area (Å²) >= 11 is 3.84. The highest BCUT2D eigenvalue weighted by Crippen LogP contribution is 2.34. The second kappa shape index (κ2) is 7.78. The van der Waals surface area contributed by atoms with Crippen LogP contribution in [0.5, 0.6) is 0 Å². The SMILES string of the molecule is CCCCCC(C)NC1C(C)CCC(Br)C1C. The van der Waals surface area contributed by atoms with Crippen molar-refractivity contribution in [1.82, 2.24) is 5.32 Å². The van der Waals surface area contributed by atoms with Crippen LogP contribution in [-0.4, -0.2) is 16.9 Å². The summed E-state index contributed by atoms with van der Waals surface area (Å²) < 4.78 is 0. The van der Waals surface area contributed by atoms with Crippen molar-refractivity contribution < 1.29 is 0 Å². The molecule has 1 N–H and O–H groups in total. The van der Waals surface area contributed by atoms with Gasteiger partial charge in [-0.1, -0.05) is 56.0 Å². The van der Waals surface area contributed by atoms with E-state index in [1.807, 2.05) is 0 Å². The van der Waals surface area contributed by atoms with Crippen LogP contribution < -0.4 is 5.32 Å². The fraction of sp³-hybridized carbons (Fsp3) is 1.00. The first-order valence-electron chi connectivity index (χ1n) is 7.46. The van der Waals surface area contributed by atoms with Crippen molar-refractivity contribution in [3.05, 3.63) is 0 Å². The smallest absolute Gasteiger partial charge is 0.0186 e. The number of halogens is 1. The maximum Gasteiger partial charge on any atom is 0.0186 e. The second-order valence-corrected chi connectivity index (χ2v) is 7.20. The third kappa shape index (κ3) is 4.90. The molecule has 0 spiro atoms. The van der Waals surface area contributed by atoms with E-state index in [4.69, 9.17) is 0 Å². The van der Waals surface area contributed by atoms with Gasteiger partial charge in [0.2, 0.25) is 0 Å². The van der Waals surface area contributed by atoms with Crippen molar-refractivity contribution in [3.63, 3.8) is 0 Å². The summed E-state index contributed by atoms with van der Waals surface area (Å²) in [6.45, 7) is 9.43. The van der Waals surface area contributed by atoms with Crippen LogP contribution >= 0.6 is 15.9 Å². The molecule has 0 saturated heterocycles. The largest absolute Gasteiger partial charge is 0.311 e. The van der Waals surface area contributed by atoms with Crippen molar-refractivity contribution >= 4 is 15.9 Å². The van der Waals surface area contributed by atoms with Gasteiger partial charge in [0.05, 0.1) is 0 Å². The molecule has 2 heteroatoms.